The van der Waals surface area contributed by atoms with Gasteiger partial charge in [0.25, 0.3) is 0 Å². The third kappa shape index (κ3) is 7.67. The zero-order valence-electron chi connectivity index (χ0n) is 20.2. The van der Waals surface area contributed by atoms with Crippen LogP contribution in [0.25, 0.3) is 0 Å². The van der Waals surface area contributed by atoms with Gasteiger partial charge in [0.2, 0.25) is 5.91 Å². The van der Waals surface area contributed by atoms with E-state index in [1.54, 1.807) is 26.6 Å². The molecule has 1 amide bonds. The van der Waals surface area contributed by atoms with Crippen LogP contribution in [0.3, 0.4) is 0 Å². The summed E-state index contributed by atoms with van der Waals surface area (Å²) in [6.45, 7) is 2.27. The van der Waals surface area contributed by atoms with Gasteiger partial charge in [0.1, 0.15) is 12.4 Å². The van der Waals surface area contributed by atoms with E-state index in [-0.39, 0.29) is 24.4 Å². The summed E-state index contributed by atoms with van der Waals surface area (Å²) in [6.07, 6.45) is 7.82. The zero-order valence-corrected chi connectivity index (χ0v) is 20.9. The maximum absolute atomic E-state index is 13.6. The fourth-order valence-corrected chi connectivity index (χ4v) is 4.23. The minimum atomic E-state index is -0.300. The van der Waals surface area contributed by atoms with Gasteiger partial charge in [-0.15, -0.1) is 0 Å². The third-order valence-corrected chi connectivity index (χ3v) is 6.41. The van der Waals surface area contributed by atoms with Crippen molar-refractivity contribution in [3.8, 4) is 5.75 Å². The summed E-state index contributed by atoms with van der Waals surface area (Å²) in [5.41, 5.74) is 9.06. The maximum atomic E-state index is 13.6. The summed E-state index contributed by atoms with van der Waals surface area (Å²) >= 11 is 6.78. The van der Waals surface area contributed by atoms with Crippen molar-refractivity contribution in [2.45, 2.75) is 44.7 Å². The number of aryl methyl sites for hydroxylation is 1. The molecule has 0 radical (unpaired) electrons. The Kier molecular flexibility index (Phi) is 10.6. The van der Waals surface area contributed by atoms with Crippen molar-refractivity contribution < 1.29 is 19.0 Å². The van der Waals surface area contributed by atoms with Gasteiger partial charge in [0.15, 0.2) is 0 Å². The second-order valence-electron chi connectivity index (χ2n) is 8.70. The molecule has 8 heteroatoms. The van der Waals surface area contributed by atoms with Gasteiger partial charge in [-0.3, -0.25) is 9.78 Å². The van der Waals surface area contributed by atoms with Gasteiger partial charge in [-0.25, -0.2) is 0 Å². The number of amides is 1. The highest BCUT2D eigenvalue weighted by Crippen LogP contribution is 2.35. The number of aromatic nitrogens is 1. The number of rotatable bonds is 15. The fraction of sp³-hybridized carbons (Fsp3) is 0.538. The number of nitrogens with two attached hydrogens (primary N) is 1. The molecule has 186 valence electrons. The molecular weight excluding hydrogens is 454 g/mol. The van der Waals surface area contributed by atoms with E-state index < -0.39 is 0 Å². The molecule has 0 aliphatic heterocycles. The smallest absolute Gasteiger partial charge is 0.227 e. The van der Waals surface area contributed by atoms with Crippen molar-refractivity contribution in [3.63, 3.8) is 0 Å². The van der Waals surface area contributed by atoms with E-state index >= 15 is 0 Å². The summed E-state index contributed by atoms with van der Waals surface area (Å²) in [4.78, 5) is 19.7. The van der Waals surface area contributed by atoms with Gasteiger partial charge in [0.05, 0.1) is 17.5 Å². The number of ether oxygens (including phenoxy) is 3. The molecular formula is C26H36ClN3O4. The molecule has 3 rings (SSSR count). The Morgan fingerprint density at radius 2 is 2.00 bits per heavy atom. The predicted octanol–water partition coefficient (Wildman–Crippen LogP) is 3.65. The molecule has 2 aromatic rings. The highest BCUT2D eigenvalue weighted by Gasteiger charge is 2.36. The van der Waals surface area contributed by atoms with E-state index in [2.05, 4.69) is 11.1 Å². The molecule has 1 fully saturated rings. The van der Waals surface area contributed by atoms with Gasteiger partial charge in [-0.05, 0) is 60.9 Å². The third-order valence-electron chi connectivity index (χ3n) is 5.98. The van der Waals surface area contributed by atoms with Crippen LogP contribution in [-0.4, -0.2) is 62.4 Å². The normalized spacial score (nSPS) is 14.1. The van der Waals surface area contributed by atoms with Crippen LogP contribution in [0.4, 0.5) is 0 Å². The van der Waals surface area contributed by atoms with Crippen LogP contribution in [0.1, 0.15) is 36.0 Å². The van der Waals surface area contributed by atoms with Crippen molar-refractivity contribution in [1.82, 2.24) is 9.88 Å². The molecule has 0 bridgehead atoms. The molecule has 0 saturated heterocycles. The van der Waals surface area contributed by atoms with Gasteiger partial charge >= 0.3 is 0 Å². The molecule has 0 spiro atoms. The maximum Gasteiger partial charge on any atom is 0.227 e. The molecule has 2 N–H and O–H groups in total. The number of carbonyl (C=O) groups is 1. The highest BCUT2D eigenvalue weighted by molar-refractivity contribution is 6.32. The highest BCUT2D eigenvalue weighted by atomic mass is 35.5. The minimum Gasteiger partial charge on any atom is -0.490 e. The first-order valence-electron chi connectivity index (χ1n) is 11.9. The first-order valence-corrected chi connectivity index (χ1v) is 12.3. The van der Waals surface area contributed by atoms with Crippen LogP contribution in [0.5, 0.6) is 5.75 Å². The Balaban J connectivity index is 1.81. The Morgan fingerprint density at radius 1 is 1.21 bits per heavy atom. The molecule has 1 aliphatic rings. The number of methoxy groups -OCH3 is 2. The van der Waals surface area contributed by atoms with Crippen molar-refractivity contribution >= 4 is 17.5 Å². The molecule has 1 atom stereocenters. The van der Waals surface area contributed by atoms with E-state index in [0.717, 1.165) is 42.4 Å². The first-order chi connectivity index (χ1) is 16.6. The summed E-state index contributed by atoms with van der Waals surface area (Å²) in [6, 6.07) is 8.15. The molecule has 1 heterocycles. The van der Waals surface area contributed by atoms with E-state index in [9.17, 15) is 4.79 Å². The lowest BCUT2D eigenvalue weighted by Crippen LogP contribution is -2.41. The SMILES string of the molecule is COCCCc1cc(CN(C(=O)C(CN)Cc2cccnc2)C2CC2)c(Cl)c(OCCOC)c1. The van der Waals surface area contributed by atoms with Crippen molar-refractivity contribution in [3.05, 3.63) is 58.4 Å². The van der Waals surface area contributed by atoms with Crippen molar-refractivity contribution in [2.75, 3.05) is 40.6 Å². The molecule has 1 aliphatic carbocycles. The van der Waals surface area contributed by atoms with E-state index in [0.29, 0.717) is 43.6 Å². The van der Waals surface area contributed by atoms with Gasteiger partial charge < -0.3 is 24.8 Å². The Hall–Kier alpha value is -2.19. The second-order valence-corrected chi connectivity index (χ2v) is 9.08. The van der Waals surface area contributed by atoms with Crippen LogP contribution in [0.2, 0.25) is 5.02 Å². The first kappa shape index (κ1) is 26.4. The molecule has 1 unspecified atom stereocenters. The topological polar surface area (TPSA) is 86.9 Å². The van der Waals surface area contributed by atoms with Crippen LogP contribution < -0.4 is 10.5 Å². The Labute approximate surface area is 207 Å². The monoisotopic (exact) mass is 489 g/mol. The molecule has 1 aromatic carbocycles. The number of hydrogen-bond acceptors (Lipinski definition) is 6. The number of halogens is 1. The van der Waals surface area contributed by atoms with Crippen LogP contribution in [-0.2, 0) is 33.7 Å². The van der Waals surface area contributed by atoms with Crippen molar-refractivity contribution in [1.29, 1.82) is 0 Å². The van der Waals surface area contributed by atoms with Gasteiger partial charge in [-0.1, -0.05) is 23.7 Å². The number of pyridine rings is 1. The zero-order chi connectivity index (χ0) is 24.3. The molecule has 1 aromatic heterocycles. The fourth-order valence-electron chi connectivity index (χ4n) is 4.00. The largest absolute Gasteiger partial charge is 0.490 e. The number of hydrogen-bond donors (Lipinski definition) is 1. The lowest BCUT2D eigenvalue weighted by atomic mass is 9.98. The number of carbonyl (C=O) groups excluding carboxylic acids is 1. The van der Waals surface area contributed by atoms with E-state index in [1.807, 2.05) is 23.1 Å². The lowest BCUT2D eigenvalue weighted by Gasteiger charge is -2.28. The summed E-state index contributed by atoms with van der Waals surface area (Å²) in [5.74, 6) is 0.389. The second kappa shape index (κ2) is 13.6. The van der Waals surface area contributed by atoms with Crippen LogP contribution in [0, 0.1) is 5.92 Å². The summed E-state index contributed by atoms with van der Waals surface area (Å²) in [5, 5.41) is 0.543. The predicted molar refractivity (Wildman–Crippen MR) is 133 cm³/mol. The number of nitrogens with zero attached hydrogens (tertiary/aromatic N) is 2. The van der Waals surface area contributed by atoms with E-state index in [4.69, 9.17) is 31.5 Å². The van der Waals surface area contributed by atoms with Gasteiger partial charge in [-0.2, -0.15) is 0 Å². The molecule has 1 saturated carbocycles. The lowest BCUT2D eigenvalue weighted by molar-refractivity contribution is -0.136. The average molecular weight is 490 g/mol. The quantitative estimate of drug-likeness (QED) is 0.384. The summed E-state index contributed by atoms with van der Waals surface area (Å²) < 4.78 is 16.2. The standard InChI is InChI=1S/C26H36ClN3O4/c1-32-10-4-6-19-13-22(25(27)24(15-19)34-12-11-33-2)18-30(23-7-8-23)26(31)21(16-28)14-20-5-3-9-29-17-20/h3,5,9,13,15,17,21,23H,4,6-8,10-12,14,16,18,28H2,1-2H3. The van der Waals surface area contributed by atoms with Crippen LogP contribution in [0.15, 0.2) is 36.7 Å². The number of benzene rings is 1. The van der Waals surface area contributed by atoms with E-state index in [1.165, 1.54) is 0 Å². The minimum absolute atomic E-state index is 0.0663. The summed E-state index contributed by atoms with van der Waals surface area (Å²) in [7, 11) is 3.33. The van der Waals surface area contributed by atoms with Gasteiger partial charge in [0, 0.05) is 52.4 Å². The molecule has 7 nitrogen and oxygen atoms in total. The van der Waals surface area contributed by atoms with Crippen molar-refractivity contribution in [2.24, 2.45) is 11.7 Å². The molecule has 34 heavy (non-hydrogen) atoms. The Bertz CT molecular complexity index is 908. The average Bonchev–Trinajstić information content (AvgIpc) is 3.69. The Morgan fingerprint density at radius 3 is 2.65 bits per heavy atom. The van der Waals surface area contributed by atoms with Crippen LogP contribution >= 0.6 is 11.6 Å².